The number of carbonyl (C=O) groups is 2. The first-order valence-corrected chi connectivity index (χ1v) is 5.94. The summed E-state index contributed by atoms with van der Waals surface area (Å²) in [5.41, 5.74) is 2.11. The molecule has 20 heavy (non-hydrogen) atoms. The number of hydrogen-bond donors (Lipinski definition) is 3. The number of carboxylic acids is 1. The van der Waals surface area contributed by atoms with Crippen LogP contribution < -0.4 is 10.9 Å². The first kappa shape index (κ1) is 12.2. The van der Waals surface area contributed by atoms with E-state index in [4.69, 9.17) is 5.11 Å². The zero-order chi connectivity index (χ0) is 14.3. The van der Waals surface area contributed by atoms with Gasteiger partial charge in [0.05, 0.1) is 12.0 Å². The average molecular weight is 270 g/mol. The summed E-state index contributed by atoms with van der Waals surface area (Å²) < 4.78 is 0. The maximum absolute atomic E-state index is 11.5. The molecule has 2 heterocycles. The summed E-state index contributed by atoms with van der Waals surface area (Å²) in [7, 11) is 0. The molecule has 0 saturated heterocycles. The molecule has 3 rings (SSSR count). The topological polar surface area (TPSA) is 99.3 Å². The molecule has 100 valence electrons. The van der Waals surface area contributed by atoms with Crippen molar-refractivity contribution in [1.82, 2.24) is 4.98 Å². The van der Waals surface area contributed by atoms with Gasteiger partial charge in [0.1, 0.15) is 0 Å². The molecule has 2 aromatic rings. The van der Waals surface area contributed by atoms with Gasteiger partial charge in [-0.25, -0.2) is 4.79 Å². The maximum atomic E-state index is 11.5. The van der Waals surface area contributed by atoms with E-state index >= 15 is 0 Å². The average Bonchev–Trinajstić information content (AvgIpc) is 2.76. The zero-order valence-electron chi connectivity index (χ0n) is 10.3. The molecule has 1 aromatic carbocycles. The Kier molecular flexibility index (Phi) is 2.64. The number of aromatic nitrogens is 1. The number of fused-ring (bicyclic) bond motifs is 1. The van der Waals surface area contributed by atoms with Crippen LogP contribution in [0.1, 0.15) is 15.9 Å². The van der Waals surface area contributed by atoms with Gasteiger partial charge in [-0.3, -0.25) is 9.59 Å². The summed E-state index contributed by atoms with van der Waals surface area (Å²) in [6, 6.07) is 7.66. The van der Waals surface area contributed by atoms with Gasteiger partial charge < -0.3 is 15.4 Å². The fourth-order valence-corrected chi connectivity index (χ4v) is 2.22. The van der Waals surface area contributed by atoms with Gasteiger partial charge in [0.25, 0.3) is 0 Å². The number of pyridine rings is 1. The molecule has 3 N–H and O–H groups in total. The lowest BCUT2D eigenvalue weighted by molar-refractivity contribution is -0.115. The van der Waals surface area contributed by atoms with Gasteiger partial charge >= 0.3 is 5.97 Å². The second-order valence-corrected chi connectivity index (χ2v) is 4.55. The number of hydrogen-bond acceptors (Lipinski definition) is 3. The van der Waals surface area contributed by atoms with Crippen molar-refractivity contribution < 1.29 is 14.7 Å². The van der Waals surface area contributed by atoms with E-state index in [1.54, 1.807) is 18.2 Å². The van der Waals surface area contributed by atoms with E-state index < -0.39 is 11.5 Å². The fraction of sp³-hybridized carbons (Fsp3) is 0.0714. The maximum Gasteiger partial charge on any atom is 0.335 e. The number of carbonyl (C=O) groups excluding carboxylic acids is 1. The van der Waals surface area contributed by atoms with E-state index in [-0.39, 0.29) is 17.9 Å². The Hall–Kier alpha value is -2.89. The van der Waals surface area contributed by atoms with Crippen molar-refractivity contribution in [1.29, 1.82) is 0 Å². The van der Waals surface area contributed by atoms with E-state index in [0.29, 0.717) is 11.3 Å². The van der Waals surface area contributed by atoms with Crippen LogP contribution in [0.25, 0.3) is 11.3 Å². The van der Waals surface area contributed by atoms with Gasteiger partial charge in [0.2, 0.25) is 11.5 Å². The van der Waals surface area contributed by atoms with E-state index in [0.717, 1.165) is 17.3 Å². The molecule has 0 bridgehead atoms. The highest BCUT2D eigenvalue weighted by molar-refractivity contribution is 5.99. The highest BCUT2D eigenvalue weighted by Gasteiger charge is 2.18. The number of H-pyrrole nitrogens is 1. The van der Waals surface area contributed by atoms with Crippen molar-refractivity contribution in [3.8, 4) is 11.3 Å². The number of anilines is 1. The van der Waals surface area contributed by atoms with Gasteiger partial charge in [-0.2, -0.15) is 0 Å². The van der Waals surface area contributed by atoms with Gasteiger partial charge in [0, 0.05) is 17.4 Å². The number of aromatic amines is 1. The summed E-state index contributed by atoms with van der Waals surface area (Å²) in [5.74, 6) is -1.24. The molecule has 0 spiro atoms. The third-order valence-electron chi connectivity index (χ3n) is 3.13. The van der Waals surface area contributed by atoms with Crippen LogP contribution in [0.3, 0.4) is 0 Å². The summed E-state index contributed by atoms with van der Waals surface area (Å²) >= 11 is 0. The first-order chi connectivity index (χ1) is 9.52. The van der Waals surface area contributed by atoms with Crippen LogP contribution in [0.4, 0.5) is 5.69 Å². The summed E-state index contributed by atoms with van der Waals surface area (Å²) in [6.07, 6.45) is 0.284. The van der Waals surface area contributed by atoms with Gasteiger partial charge in [-0.15, -0.1) is 0 Å². The highest BCUT2D eigenvalue weighted by atomic mass is 16.4. The van der Waals surface area contributed by atoms with E-state index in [1.165, 1.54) is 6.07 Å². The Morgan fingerprint density at radius 3 is 2.70 bits per heavy atom. The number of benzene rings is 1. The molecular weight excluding hydrogens is 260 g/mol. The number of carboxylic acid groups (broad SMARTS) is 1. The summed E-state index contributed by atoms with van der Waals surface area (Å²) in [4.78, 5) is 36.3. The molecule has 0 saturated carbocycles. The number of nitrogens with one attached hydrogen (secondary N) is 2. The first-order valence-electron chi connectivity index (χ1n) is 5.94. The predicted molar refractivity (Wildman–Crippen MR) is 71.8 cm³/mol. The standard InChI is InChI=1S/C14H10N2O4/c17-12-5-8-3-7(1-2-10(8)15-12)11-4-9(14(19)20)6-13(18)16-11/h1-4,6H,5H2,(H,15,17)(H,16,18)(H,19,20). The Morgan fingerprint density at radius 1 is 1.15 bits per heavy atom. The molecule has 0 radical (unpaired) electrons. The van der Waals surface area contributed by atoms with Crippen LogP contribution in [0.5, 0.6) is 0 Å². The molecule has 0 fully saturated rings. The fourth-order valence-electron chi connectivity index (χ4n) is 2.22. The largest absolute Gasteiger partial charge is 0.478 e. The molecule has 1 amide bonds. The van der Waals surface area contributed by atoms with Gasteiger partial charge in [-0.05, 0) is 29.3 Å². The molecule has 0 atom stereocenters. The Labute approximate surface area is 113 Å². The summed E-state index contributed by atoms with van der Waals surface area (Å²) in [6.45, 7) is 0. The minimum absolute atomic E-state index is 0.0709. The predicted octanol–water partition coefficient (Wildman–Crippen LogP) is 1.23. The van der Waals surface area contributed by atoms with Crippen LogP contribution in [0, 0.1) is 0 Å². The molecule has 6 nitrogen and oxygen atoms in total. The zero-order valence-corrected chi connectivity index (χ0v) is 10.3. The quantitative estimate of drug-likeness (QED) is 0.764. The van der Waals surface area contributed by atoms with E-state index in [9.17, 15) is 14.4 Å². The van der Waals surface area contributed by atoms with Gasteiger partial charge in [-0.1, -0.05) is 6.07 Å². The number of amides is 1. The Morgan fingerprint density at radius 2 is 1.95 bits per heavy atom. The SMILES string of the molecule is O=C1Cc2cc(-c3cc(C(=O)O)cc(=O)[nH]3)ccc2N1. The second-order valence-electron chi connectivity index (χ2n) is 4.55. The van der Waals surface area contributed by atoms with Gasteiger partial charge in [0.15, 0.2) is 0 Å². The van der Waals surface area contributed by atoms with Crippen molar-refractivity contribution in [3.05, 3.63) is 51.8 Å². The normalized spacial score (nSPS) is 12.9. The lowest BCUT2D eigenvalue weighted by Crippen LogP contribution is -2.10. The second kappa shape index (κ2) is 4.34. The Balaban J connectivity index is 2.10. The van der Waals surface area contributed by atoms with E-state index in [1.807, 2.05) is 0 Å². The lowest BCUT2D eigenvalue weighted by atomic mass is 10.0. The van der Waals surface area contributed by atoms with Crippen molar-refractivity contribution in [2.45, 2.75) is 6.42 Å². The van der Waals surface area contributed by atoms with Crippen molar-refractivity contribution in [3.63, 3.8) is 0 Å². The molecule has 1 aliphatic heterocycles. The molecular formula is C14H10N2O4. The summed E-state index contributed by atoms with van der Waals surface area (Å²) in [5, 5.41) is 11.7. The third kappa shape index (κ3) is 2.07. The third-order valence-corrected chi connectivity index (χ3v) is 3.13. The van der Waals surface area contributed by atoms with Crippen molar-refractivity contribution in [2.24, 2.45) is 0 Å². The van der Waals surface area contributed by atoms with Crippen LogP contribution in [-0.2, 0) is 11.2 Å². The molecule has 6 heteroatoms. The highest BCUT2D eigenvalue weighted by Crippen LogP contribution is 2.28. The molecule has 0 unspecified atom stereocenters. The minimum atomic E-state index is -1.16. The molecule has 0 aliphatic carbocycles. The van der Waals surface area contributed by atoms with Crippen LogP contribution in [-0.4, -0.2) is 22.0 Å². The van der Waals surface area contributed by atoms with E-state index in [2.05, 4.69) is 10.3 Å². The number of rotatable bonds is 2. The van der Waals surface area contributed by atoms with Crippen LogP contribution >= 0.6 is 0 Å². The smallest absolute Gasteiger partial charge is 0.335 e. The monoisotopic (exact) mass is 270 g/mol. The minimum Gasteiger partial charge on any atom is -0.478 e. The number of aromatic carboxylic acids is 1. The van der Waals surface area contributed by atoms with Crippen molar-refractivity contribution in [2.75, 3.05) is 5.32 Å². The molecule has 1 aromatic heterocycles. The lowest BCUT2D eigenvalue weighted by Gasteiger charge is -2.05. The van der Waals surface area contributed by atoms with Crippen LogP contribution in [0.2, 0.25) is 0 Å². The Bertz CT molecular complexity index is 792. The molecule has 1 aliphatic rings. The van der Waals surface area contributed by atoms with Crippen molar-refractivity contribution >= 4 is 17.6 Å². The van der Waals surface area contributed by atoms with Crippen LogP contribution in [0.15, 0.2) is 35.1 Å².